The van der Waals surface area contributed by atoms with Crippen molar-refractivity contribution in [1.82, 2.24) is 14.7 Å². The largest absolute Gasteiger partial charge is 0.383 e. The van der Waals surface area contributed by atoms with Gasteiger partial charge >= 0.3 is 0 Å². The van der Waals surface area contributed by atoms with Crippen LogP contribution < -0.4 is 5.73 Å². The van der Waals surface area contributed by atoms with Gasteiger partial charge in [-0.1, -0.05) is 41.9 Å². The third kappa shape index (κ3) is 2.53. The fourth-order valence-electron chi connectivity index (χ4n) is 2.93. The van der Waals surface area contributed by atoms with Crippen molar-refractivity contribution >= 4 is 17.4 Å². The van der Waals surface area contributed by atoms with Crippen LogP contribution in [0.5, 0.6) is 0 Å². The van der Waals surface area contributed by atoms with Crippen molar-refractivity contribution in [3.05, 3.63) is 47.1 Å². The Labute approximate surface area is 124 Å². The average molecular weight is 291 g/mol. The first kappa shape index (κ1) is 13.5. The van der Waals surface area contributed by atoms with E-state index in [9.17, 15) is 0 Å². The molecule has 0 radical (unpaired) electrons. The molecule has 0 spiro atoms. The molecule has 0 saturated carbocycles. The Hall–Kier alpha value is -1.52. The van der Waals surface area contributed by atoms with Gasteiger partial charge in [-0.15, -0.1) is 0 Å². The normalized spacial score (nSPS) is 23.3. The average Bonchev–Trinajstić information content (AvgIpc) is 2.96. The van der Waals surface area contributed by atoms with Gasteiger partial charge in [-0.3, -0.25) is 4.90 Å². The first-order valence-electron chi connectivity index (χ1n) is 6.91. The Bertz CT molecular complexity index is 581. The molecule has 2 atom stereocenters. The van der Waals surface area contributed by atoms with Gasteiger partial charge < -0.3 is 5.73 Å². The number of likely N-dealkylation sites (tertiary alicyclic amines) is 1. The number of rotatable bonds is 3. The molecule has 1 aliphatic heterocycles. The minimum atomic E-state index is 0.307. The van der Waals surface area contributed by atoms with E-state index in [4.69, 9.17) is 17.3 Å². The number of nitrogens with two attached hydrogens (primary N) is 1. The highest BCUT2D eigenvalue weighted by Gasteiger charge is 2.31. The van der Waals surface area contributed by atoms with Gasteiger partial charge in [0.05, 0.1) is 12.2 Å². The van der Waals surface area contributed by atoms with Crippen molar-refractivity contribution in [3.8, 4) is 0 Å². The van der Waals surface area contributed by atoms with Gasteiger partial charge in [0.2, 0.25) is 0 Å². The lowest BCUT2D eigenvalue weighted by molar-refractivity contribution is 0.254. The first-order chi connectivity index (χ1) is 9.65. The number of anilines is 1. The molecule has 2 unspecified atom stereocenters. The molecule has 1 fully saturated rings. The number of benzene rings is 1. The van der Waals surface area contributed by atoms with Gasteiger partial charge in [0, 0.05) is 19.1 Å². The van der Waals surface area contributed by atoms with E-state index >= 15 is 0 Å². The lowest BCUT2D eigenvalue weighted by Crippen LogP contribution is -2.27. The quantitative estimate of drug-likeness (QED) is 0.945. The maximum absolute atomic E-state index is 5.99. The number of hydrogen-bond donors (Lipinski definition) is 1. The lowest BCUT2D eigenvalue weighted by Gasteiger charge is -2.20. The van der Waals surface area contributed by atoms with Crippen LogP contribution in [0.2, 0.25) is 5.02 Å². The summed E-state index contributed by atoms with van der Waals surface area (Å²) in [6.45, 7) is 4.18. The Kier molecular flexibility index (Phi) is 3.68. The predicted octanol–water partition coefficient (Wildman–Crippen LogP) is 2.95. The van der Waals surface area contributed by atoms with E-state index in [0.29, 0.717) is 22.9 Å². The summed E-state index contributed by atoms with van der Waals surface area (Å²) >= 11 is 5.99. The van der Waals surface area contributed by atoms with Crippen LogP contribution in [0, 0.1) is 0 Å². The van der Waals surface area contributed by atoms with Gasteiger partial charge in [0.15, 0.2) is 0 Å². The molecule has 5 heteroatoms. The summed E-state index contributed by atoms with van der Waals surface area (Å²) in [5.74, 6) is 0.574. The van der Waals surface area contributed by atoms with Crippen molar-refractivity contribution in [3.63, 3.8) is 0 Å². The maximum Gasteiger partial charge on any atom is 0.140 e. The topological polar surface area (TPSA) is 47.1 Å². The summed E-state index contributed by atoms with van der Waals surface area (Å²) in [6.07, 6.45) is 2.68. The molecule has 1 aliphatic rings. The van der Waals surface area contributed by atoms with Crippen molar-refractivity contribution < 1.29 is 0 Å². The molecule has 2 aromatic rings. The molecule has 0 bridgehead atoms. The molecule has 1 saturated heterocycles. The van der Waals surface area contributed by atoms with Crippen LogP contribution in [0.1, 0.15) is 24.9 Å². The SMILES string of the molecule is CC1CC(n2ncc(Cl)c2N)CN1Cc1ccccc1. The molecule has 2 N–H and O–H groups in total. The molecule has 1 aromatic carbocycles. The minimum absolute atomic E-state index is 0.307. The minimum Gasteiger partial charge on any atom is -0.383 e. The van der Waals surface area contributed by atoms with Crippen LogP contribution in [0.25, 0.3) is 0 Å². The number of aromatic nitrogens is 2. The number of nitrogen functional groups attached to an aromatic ring is 1. The Morgan fingerprint density at radius 2 is 2.10 bits per heavy atom. The summed E-state index contributed by atoms with van der Waals surface area (Å²) in [4.78, 5) is 2.47. The number of nitrogens with zero attached hydrogens (tertiary/aromatic N) is 3. The summed E-state index contributed by atoms with van der Waals surface area (Å²) in [5, 5.41) is 4.85. The molecule has 20 heavy (non-hydrogen) atoms. The van der Waals surface area contributed by atoms with Crippen LogP contribution in [0.4, 0.5) is 5.82 Å². The van der Waals surface area contributed by atoms with Gasteiger partial charge in [-0.25, -0.2) is 4.68 Å². The van der Waals surface area contributed by atoms with E-state index in [1.165, 1.54) is 5.56 Å². The Morgan fingerprint density at radius 1 is 1.35 bits per heavy atom. The van der Waals surface area contributed by atoms with Gasteiger partial charge in [-0.05, 0) is 18.9 Å². The Balaban J connectivity index is 1.72. The summed E-state index contributed by atoms with van der Waals surface area (Å²) < 4.78 is 1.86. The molecule has 1 aromatic heterocycles. The molecule has 0 amide bonds. The number of hydrogen-bond acceptors (Lipinski definition) is 3. The summed E-state index contributed by atoms with van der Waals surface area (Å²) in [7, 11) is 0. The molecule has 2 heterocycles. The molecule has 0 aliphatic carbocycles. The summed E-state index contributed by atoms with van der Waals surface area (Å²) in [5.41, 5.74) is 7.32. The third-order valence-corrected chi connectivity index (χ3v) is 4.33. The van der Waals surface area contributed by atoms with E-state index in [-0.39, 0.29) is 0 Å². The van der Waals surface area contributed by atoms with Crippen molar-refractivity contribution in [2.24, 2.45) is 0 Å². The molecule has 4 nitrogen and oxygen atoms in total. The summed E-state index contributed by atoms with van der Waals surface area (Å²) in [6, 6.07) is 11.4. The fraction of sp³-hybridized carbons (Fsp3) is 0.400. The van der Waals surface area contributed by atoms with Crippen LogP contribution in [-0.4, -0.2) is 27.3 Å². The van der Waals surface area contributed by atoms with Gasteiger partial charge in [-0.2, -0.15) is 5.10 Å². The maximum atomic E-state index is 5.99. The van der Waals surface area contributed by atoms with Crippen LogP contribution in [0.3, 0.4) is 0 Å². The van der Waals surface area contributed by atoms with E-state index in [1.807, 2.05) is 10.7 Å². The zero-order chi connectivity index (χ0) is 14.1. The van der Waals surface area contributed by atoms with Gasteiger partial charge in [0.25, 0.3) is 0 Å². The monoisotopic (exact) mass is 290 g/mol. The van der Waals surface area contributed by atoms with E-state index in [1.54, 1.807) is 6.20 Å². The van der Waals surface area contributed by atoms with Crippen LogP contribution >= 0.6 is 11.6 Å². The molecule has 3 rings (SSSR count). The van der Waals surface area contributed by atoms with Crippen molar-refractivity contribution in [1.29, 1.82) is 0 Å². The zero-order valence-electron chi connectivity index (χ0n) is 11.5. The van der Waals surface area contributed by atoms with E-state index < -0.39 is 0 Å². The zero-order valence-corrected chi connectivity index (χ0v) is 12.3. The van der Waals surface area contributed by atoms with E-state index in [2.05, 4.69) is 41.2 Å². The van der Waals surface area contributed by atoms with Gasteiger partial charge in [0.1, 0.15) is 10.8 Å². The molecular formula is C15H19ClN4. The van der Waals surface area contributed by atoms with Crippen molar-refractivity contribution in [2.75, 3.05) is 12.3 Å². The number of halogens is 1. The molecule has 106 valence electrons. The van der Waals surface area contributed by atoms with Crippen LogP contribution in [0.15, 0.2) is 36.5 Å². The second kappa shape index (κ2) is 5.46. The smallest absolute Gasteiger partial charge is 0.140 e. The van der Waals surface area contributed by atoms with Crippen molar-refractivity contribution in [2.45, 2.75) is 32.0 Å². The standard InChI is InChI=1S/C15H19ClN4/c1-11-7-13(20-15(17)14(16)8-18-20)10-19(11)9-12-5-3-2-4-6-12/h2-6,8,11,13H,7,9-10,17H2,1H3. The lowest BCUT2D eigenvalue weighted by atomic mass is 10.2. The predicted molar refractivity (Wildman–Crippen MR) is 81.6 cm³/mol. The van der Waals surface area contributed by atoms with Crippen LogP contribution in [-0.2, 0) is 6.54 Å². The Morgan fingerprint density at radius 3 is 2.75 bits per heavy atom. The molecular weight excluding hydrogens is 272 g/mol. The second-order valence-electron chi connectivity index (χ2n) is 5.48. The highest BCUT2D eigenvalue weighted by Crippen LogP contribution is 2.31. The highest BCUT2D eigenvalue weighted by atomic mass is 35.5. The van der Waals surface area contributed by atoms with E-state index in [0.717, 1.165) is 19.5 Å². The third-order valence-electron chi connectivity index (χ3n) is 4.04. The first-order valence-corrected chi connectivity index (χ1v) is 7.29. The second-order valence-corrected chi connectivity index (χ2v) is 5.88. The fourth-order valence-corrected chi connectivity index (χ4v) is 3.06. The highest BCUT2D eigenvalue weighted by molar-refractivity contribution is 6.32.